The molecule has 1 atom stereocenters. The normalized spacial score (nSPS) is 18.5. The highest BCUT2D eigenvalue weighted by molar-refractivity contribution is 5.46. The van der Waals surface area contributed by atoms with Gasteiger partial charge in [-0.15, -0.1) is 0 Å². The summed E-state index contributed by atoms with van der Waals surface area (Å²) in [5, 5.41) is 3.66. The molecule has 1 saturated carbocycles. The number of ether oxygens (including phenoxy) is 1. The number of benzene rings is 1. The fourth-order valence-corrected chi connectivity index (χ4v) is 2.87. The highest BCUT2D eigenvalue weighted by Crippen LogP contribution is 2.56. The third-order valence-electron chi connectivity index (χ3n) is 4.15. The molecule has 2 nitrogen and oxygen atoms in total. The van der Waals surface area contributed by atoms with Crippen molar-refractivity contribution in [3.8, 4) is 5.75 Å². The van der Waals surface area contributed by atoms with Gasteiger partial charge in [0.1, 0.15) is 5.75 Å². The van der Waals surface area contributed by atoms with Crippen LogP contribution in [0.1, 0.15) is 49.4 Å². The first kappa shape index (κ1) is 13.4. The Bertz CT molecular complexity index is 435. The number of nitrogens with one attached hydrogen (secondary N) is 1. The van der Waals surface area contributed by atoms with Crippen molar-refractivity contribution in [3.63, 3.8) is 0 Å². The van der Waals surface area contributed by atoms with Crippen LogP contribution in [0.5, 0.6) is 5.75 Å². The van der Waals surface area contributed by atoms with Gasteiger partial charge >= 0.3 is 0 Å². The van der Waals surface area contributed by atoms with Gasteiger partial charge in [-0.2, -0.15) is 0 Å². The lowest BCUT2D eigenvalue weighted by atomic mass is 9.87. The van der Waals surface area contributed by atoms with E-state index in [1.54, 1.807) is 7.11 Å². The molecule has 1 aliphatic carbocycles. The van der Waals surface area contributed by atoms with E-state index in [2.05, 4.69) is 45.1 Å². The molecule has 1 aromatic rings. The Morgan fingerprint density at radius 2 is 2.00 bits per heavy atom. The number of hydrogen-bond donors (Lipinski definition) is 1. The van der Waals surface area contributed by atoms with Crippen LogP contribution in [0.2, 0.25) is 0 Å². The van der Waals surface area contributed by atoms with Gasteiger partial charge in [0.2, 0.25) is 0 Å². The van der Waals surface area contributed by atoms with Gasteiger partial charge in [0, 0.05) is 11.6 Å². The minimum absolute atomic E-state index is 0.406. The average molecular weight is 247 g/mol. The van der Waals surface area contributed by atoms with Crippen LogP contribution in [0.4, 0.5) is 0 Å². The zero-order valence-electron chi connectivity index (χ0n) is 12.3. The molecule has 1 aliphatic rings. The summed E-state index contributed by atoms with van der Waals surface area (Å²) < 4.78 is 5.62. The van der Waals surface area contributed by atoms with Crippen LogP contribution in [0.15, 0.2) is 12.1 Å². The van der Waals surface area contributed by atoms with E-state index in [1.807, 2.05) is 0 Å². The standard InChI is InChI=1S/C16H25NO/c1-6-17-15(16(4)7-8-16)14-12(3)9-11(2)10-13(14)18-5/h9-10,15,17H,6-8H2,1-5H3. The van der Waals surface area contributed by atoms with Crippen LogP contribution < -0.4 is 10.1 Å². The monoisotopic (exact) mass is 247 g/mol. The van der Waals surface area contributed by atoms with Crippen molar-refractivity contribution >= 4 is 0 Å². The molecule has 0 heterocycles. The molecule has 0 bridgehead atoms. The molecule has 0 aromatic heterocycles. The lowest BCUT2D eigenvalue weighted by molar-refractivity contribution is 0.346. The van der Waals surface area contributed by atoms with Crippen LogP contribution >= 0.6 is 0 Å². The summed E-state index contributed by atoms with van der Waals surface area (Å²) in [4.78, 5) is 0. The molecule has 0 spiro atoms. The number of aryl methyl sites for hydroxylation is 2. The molecule has 0 radical (unpaired) electrons. The summed E-state index contributed by atoms with van der Waals surface area (Å²) in [6, 6.07) is 4.82. The van der Waals surface area contributed by atoms with E-state index in [1.165, 1.54) is 29.5 Å². The summed E-state index contributed by atoms with van der Waals surface area (Å²) >= 11 is 0. The molecule has 18 heavy (non-hydrogen) atoms. The zero-order valence-corrected chi connectivity index (χ0v) is 12.3. The first-order valence-electron chi connectivity index (χ1n) is 6.90. The molecule has 1 unspecified atom stereocenters. The summed E-state index contributed by atoms with van der Waals surface area (Å²) in [6.45, 7) is 9.87. The average Bonchev–Trinajstić information content (AvgIpc) is 3.05. The van der Waals surface area contributed by atoms with Gasteiger partial charge in [-0.1, -0.05) is 19.9 Å². The van der Waals surface area contributed by atoms with Gasteiger partial charge in [-0.05, 0) is 55.8 Å². The van der Waals surface area contributed by atoms with E-state index in [-0.39, 0.29) is 0 Å². The van der Waals surface area contributed by atoms with E-state index in [0.29, 0.717) is 11.5 Å². The zero-order chi connectivity index (χ0) is 13.3. The van der Waals surface area contributed by atoms with Gasteiger partial charge in [-0.3, -0.25) is 0 Å². The highest BCUT2D eigenvalue weighted by atomic mass is 16.5. The van der Waals surface area contributed by atoms with Crippen LogP contribution in [-0.4, -0.2) is 13.7 Å². The molecule has 0 saturated heterocycles. The maximum atomic E-state index is 5.62. The van der Waals surface area contributed by atoms with Gasteiger partial charge in [0.05, 0.1) is 7.11 Å². The van der Waals surface area contributed by atoms with E-state index in [9.17, 15) is 0 Å². The Morgan fingerprint density at radius 1 is 1.33 bits per heavy atom. The van der Waals surface area contributed by atoms with Crippen molar-refractivity contribution in [2.75, 3.05) is 13.7 Å². The Balaban J connectivity index is 2.46. The molecule has 2 rings (SSSR count). The SMILES string of the molecule is CCNC(c1c(C)cc(C)cc1OC)C1(C)CC1. The molecule has 1 fully saturated rings. The van der Waals surface area contributed by atoms with Crippen molar-refractivity contribution in [3.05, 3.63) is 28.8 Å². The number of methoxy groups -OCH3 is 1. The van der Waals surface area contributed by atoms with Crippen molar-refractivity contribution in [1.29, 1.82) is 0 Å². The van der Waals surface area contributed by atoms with Crippen molar-refractivity contribution in [2.24, 2.45) is 5.41 Å². The molecular formula is C16H25NO. The van der Waals surface area contributed by atoms with Crippen LogP contribution in [0.3, 0.4) is 0 Å². The predicted molar refractivity (Wildman–Crippen MR) is 76.2 cm³/mol. The maximum Gasteiger partial charge on any atom is 0.124 e. The second-order valence-corrected chi connectivity index (χ2v) is 5.84. The fraction of sp³-hybridized carbons (Fsp3) is 0.625. The van der Waals surface area contributed by atoms with Crippen molar-refractivity contribution < 1.29 is 4.74 Å². The lowest BCUT2D eigenvalue weighted by Gasteiger charge is -2.28. The summed E-state index contributed by atoms with van der Waals surface area (Å²) in [5.74, 6) is 1.03. The topological polar surface area (TPSA) is 21.3 Å². The molecular weight excluding hydrogens is 222 g/mol. The van der Waals surface area contributed by atoms with E-state index >= 15 is 0 Å². The second-order valence-electron chi connectivity index (χ2n) is 5.84. The van der Waals surface area contributed by atoms with Crippen molar-refractivity contribution in [2.45, 2.75) is 46.6 Å². The van der Waals surface area contributed by atoms with Gasteiger partial charge in [-0.25, -0.2) is 0 Å². The fourth-order valence-electron chi connectivity index (χ4n) is 2.87. The maximum absolute atomic E-state index is 5.62. The Kier molecular flexibility index (Phi) is 3.67. The highest BCUT2D eigenvalue weighted by Gasteiger charge is 2.46. The summed E-state index contributed by atoms with van der Waals surface area (Å²) in [7, 11) is 1.77. The van der Waals surface area contributed by atoms with Crippen LogP contribution in [0, 0.1) is 19.3 Å². The Morgan fingerprint density at radius 3 is 2.50 bits per heavy atom. The van der Waals surface area contributed by atoms with Crippen LogP contribution in [-0.2, 0) is 0 Å². The molecule has 100 valence electrons. The number of hydrogen-bond acceptors (Lipinski definition) is 2. The van der Waals surface area contributed by atoms with E-state index in [0.717, 1.165) is 12.3 Å². The second kappa shape index (κ2) is 4.93. The molecule has 1 N–H and O–H groups in total. The Hall–Kier alpha value is -1.02. The van der Waals surface area contributed by atoms with Gasteiger partial charge in [0.25, 0.3) is 0 Å². The van der Waals surface area contributed by atoms with Gasteiger partial charge < -0.3 is 10.1 Å². The number of rotatable bonds is 5. The molecule has 2 heteroatoms. The van der Waals surface area contributed by atoms with E-state index < -0.39 is 0 Å². The largest absolute Gasteiger partial charge is 0.496 e. The summed E-state index contributed by atoms with van der Waals surface area (Å²) in [6.07, 6.45) is 2.61. The van der Waals surface area contributed by atoms with E-state index in [4.69, 9.17) is 4.74 Å². The lowest BCUT2D eigenvalue weighted by Crippen LogP contribution is -2.29. The predicted octanol–water partition coefficient (Wildman–Crippen LogP) is 3.76. The minimum atomic E-state index is 0.406. The van der Waals surface area contributed by atoms with Gasteiger partial charge in [0.15, 0.2) is 0 Å². The first-order chi connectivity index (χ1) is 8.51. The minimum Gasteiger partial charge on any atom is -0.496 e. The van der Waals surface area contributed by atoms with Crippen molar-refractivity contribution in [1.82, 2.24) is 5.32 Å². The molecule has 0 aliphatic heterocycles. The first-order valence-corrected chi connectivity index (χ1v) is 6.90. The smallest absolute Gasteiger partial charge is 0.124 e. The Labute approximate surface area is 111 Å². The molecule has 0 amide bonds. The third-order valence-corrected chi connectivity index (χ3v) is 4.15. The van der Waals surface area contributed by atoms with Crippen LogP contribution in [0.25, 0.3) is 0 Å². The quantitative estimate of drug-likeness (QED) is 0.855. The molecule has 1 aromatic carbocycles. The third kappa shape index (κ3) is 2.39. The summed E-state index contributed by atoms with van der Waals surface area (Å²) in [5.41, 5.74) is 4.36.